The molecule has 29 heavy (non-hydrogen) atoms. The molecule has 0 saturated carbocycles. The SMILES string of the molecule is Cc1ccc(S(=O)(=O)N2[C@@H](CC(C)C)C[C@H]([Si](C)(C)c3ccccc3)[C@H]2C)cc1. The number of rotatable bonds is 6. The van der Waals surface area contributed by atoms with Crippen LogP contribution < -0.4 is 5.19 Å². The minimum atomic E-state index is -3.52. The first kappa shape index (κ1) is 22.3. The van der Waals surface area contributed by atoms with Crippen molar-refractivity contribution in [1.82, 2.24) is 4.31 Å². The molecule has 0 N–H and O–H groups in total. The van der Waals surface area contributed by atoms with Crippen molar-refractivity contribution >= 4 is 23.3 Å². The number of benzene rings is 2. The second-order valence-corrected chi connectivity index (χ2v) is 16.2. The lowest BCUT2D eigenvalue weighted by Crippen LogP contribution is -2.50. The van der Waals surface area contributed by atoms with Gasteiger partial charge in [0.1, 0.15) is 0 Å². The molecule has 2 aromatic carbocycles. The largest absolute Gasteiger partial charge is 0.243 e. The molecule has 1 fully saturated rings. The molecular weight excluding hydrogens is 394 g/mol. The van der Waals surface area contributed by atoms with Crippen LogP contribution in [0.25, 0.3) is 0 Å². The molecule has 3 atom stereocenters. The van der Waals surface area contributed by atoms with Gasteiger partial charge in [-0.05, 0) is 50.3 Å². The molecule has 1 heterocycles. The fourth-order valence-electron chi connectivity index (χ4n) is 5.07. The Morgan fingerprint density at radius 1 is 1.03 bits per heavy atom. The zero-order valence-corrected chi connectivity index (χ0v) is 20.4. The first-order valence-corrected chi connectivity index (χ1v) is 15.2. The van der Waals surface area contributed by atoms with Gasteiger partial charge in [-0.15, -0.1) is 0 Å². The van der Waals surface area contributed by atoms with E-state index in [1.165, 1.54) is 5.19 Å². The Morgan fingerprint density at radius 3 is 2.17 bits per heavy atom. The molecule has 0 unspecified atom stereocenters. The minimum Gasteiger partial charge on any atom is -0.207 e. The van der Waals surface area contributed by atoms with E-state index >= 15 is 0 Å². The van der Waals surface area contributed by atoms with Crippen molar-refractivity contribution in [2.24, 2.45) is 5.92 Å². The van der Waals surface area contributed by atoms with Gasteiger partial charge < -0.3 is 0 Å². The predicted molar refractivity (Wildman–Crippen MR) is 125 cm³/mol. The molecule has 0 bridgehead atoms. The van der Waals surface area contributed by atoms with Crippen LogP contribution in [0.3, 0.4) is 0 Å². The van der Waals surface area contributed by atoms with Gasteiger partial charge in [0, 0.05) is 12.1 Å². The Kier molecular flexibility index (Phi) is 6.42. The molecule has 0 spiro atoms. The fraction of sp³-hybridized carbons (Fsp3) is 0.500. The van der Waals surface area contributed by atoms with Gasteiger partial charge in [-0.1, -0.05) is 80.2 Å². The first-order chi connectivity index (χ1) is 13.5. The Labute approximate surface area is 178 Å². The lowest BCUT2D eigenvalue weighted by atomic mass is 10.0. The van der Waals surface area contributed by atoms with Crippen LogP contribution in [0.2, 0.25) is 18.6 Å². The van der Waals surface area contributed by atoms with Gasteiger partial charge in [-0.25, -0.2) is 8.42 Å². The highest BCUT2D eigenvalue weighted by Crippen LogP contribution is 2.45. The van der Waals surface area contributed by atoms with Crippen molar-refractivity contribution in [3.63, 3.8) is 0 Å². The second kappa shape index (κ2) is 8.36. The zero-order chi connectivity index (χ0) is 21.4. The maximum Gasteiger partial charge on any atom is 0.243 e. The summed E-state index contributed by atoms with van der Waals surface area (Å²) in [6.07, 6.45) is 1.86. The lowest BCUT2D eigenvalue weighted by Gasteiger charge is -2.35. The van der Waals surface area contributed by atoms with Crippen LogP contribution in [0.4, 0.5) is 0 Å². The maximum atomic E-state index is 13.7. The Morgan fingerprint density at radius 2 is 1.62 bits per heavy atom. The summed E-state index contributed by atoms with van der Waals surface area (Å²) in [4.78, 5) is 0.420. The standard InChI is InChI=1S/C24H35NO2SSi/c1-18(2)16-21-17-24(29(5,6)23-10-8-7-9-11-23)20(4)25(21)28(26,27)22-14-12-19(3)13-15-22/h7-15,18,20-21,24H,16-17H2,1-6H3/t20-,21+,24+/m1/s1. The summed E-state index contributed by atoms with van der Waals surface area (Å²) in [6.45, 7) is 13.3. The third kappa shape index (κ3) is 4.37. The zero-order valence-electron chi connectivity index (χ0n) is 18.6. The van der Waals surface area contributed by atoms with Crippen LogP contribution in [0.5, 0.6) is 0 Å². The lowest BCUT2D eigenvalue weighted by molar-refractivity contribution is 0.299. The molecule has 0 radical (unpaired) electrons. The van der Waals surface area contributed by atoms with E-state index in [-0.39, 0.29) is 12.1 Å². The maximum absolute atomic E-state index is 13.7. The molecule has 2 aromatic rings. The van der Waals surface area contributed by atoms with Gasteiger partial charge in [0.15, 0.2) is 0 Å². The topological polar surface area (TPSA) is 37.4 Å². The summed E-state index contributed by atoms with van der Waals surface area (Å²) in [5.74, 6) is 0.461. The number of sulfonamides is 1. The molecule has 5 heteroatoms. The highest BCUT2D eigenvalue weighted by atomic mass is 32.2. The predicted octanol–water partition coefficient (Wildman–Crippen LogP) is 5.18. The number of nitrogens with zero attached hydrogens (tertiary/aromatic N) is 1. The Balaban J connectivity index is 2.02. The average molecular weight is 430 g/mol. The van der Waals surface area contributed by atoms with E-state index in [9.17, 15) is 8.42 Å². The van der Waals surface area contributed by atoms with Gasteiger partial charge in [0.25, 0.3) is 0 Å². The van der Waals surface area contributed by atoms with Crippen molar-refractivity contribution in [3.05, 3.63) is 60.2 Å². The molecule has 0 amide bonds. The average Bonchev–Trinajstić information content (AvgIpc) is 2.99. The van der Waals surface area contributed by atoms with Gasteiger partial charge in [-0.2, -0.15) is 4.31 Å². The smallest absolute Gasteiger partial charge is 0.207 e. The third-order valence-corrected chi connectivity index (χ3v) is 13.1. The number of hydrogen-bond acceptors (Lipinski definition) is 2. The van der Waals surface area contributed by atoms with Gasteiger partial charge >= 0.3 is 0 Å². The normalized spacial score (nSPS) is 23.6. The summed E-state index contributed by atoms with van der Waals surface area (Å²) in [5.41, 5.74) is 1.47. The molecule has 1 aliphatic rings. The van der Waals surface area contributed by atoms with E-state index < -0.39 is 18.1 Å². The van der Waals surface area contributed by atoms with E-state index in [1.807, 2.05) is 23.4 Å². The molecule has 0 aromatic heterocycles. The van der Waals surface area contributed by atoms with E-state index in [0.29, 0.717) is 16.4 Å². The van der Waals surface area contributed by atoms with E-state index in [0.717, 1.165) is 18.4 Å². The monoisotopic (exact) mass is 429 g/mol. The molecule has 158 valence electrons. The number of hydrogen-bond donors (Lipinski definition) is 0. The first-order valence-electron chi connectivity index (χ1n) is 10.7. The van der Waals surface area contributed by atoms with Crippen molar-refractivity contribution in [1.29, 1.82) is 0 Å². The summed E-state index contributed by atoms with van der Waals surface area (Å²) in [6, 6.07) is 18.1. The summed E-state index contributed by atoms with van der Waals surface area (Å²) >= 11 is 0. The Hall–Kier alpha value is -1.43. The summed E-state index contributed by atoms with van der Waals surface area (Å²) < 4.78 is 29.3. The molecule has 1 aliphatic heterocycles. The molecule has 0 aliphatic carbocycles. The van der Waals surface area contributed by atoms with Crippen LogP contribution in [-0.2, 0) is 10.0 Å². The van der Waals surface area contributed by atoms with Crippen LogP contribution in [-0.4, -0.2) is 32.9 Å². The fourth-order valence-corrected chi connectivity index (χ4v) is 10.8. The highest BCUT2D eigenvalue weighted by molar-refractivity contribution is 7.89. The molecule has 1 saturated heterocycles. The van der Waals surface area contributed by atoms with Crippen molar-refractivity contribution in [2.75, 3.05) is 0 Å². The summed E-state index contributed by atoms with van der Waals surface area (Å²) in [7, 11) is -5.36. The third-order valence-electron chi connectivity index (χ3n) is 6.65. The summed E-state index contributed by atoms with van der Waals surface area (Å²) in [5, 5.41) is 1.41. The van der Waals surface area contributed by atoms with Crippen LogP contribution in [0, 0.1) is 12.8 Å². The van der Waals surface area contributed by atoms with Gasteiger partial charge in [0.2, 0.25) is 10.0 Å². The van der Waals surface area contributed by atoms with Crippen LogP contribution >= 0.6 is 0 Å². The van der Waals surface area contributed by atoms with Gasteiger partial charge in [-0.3, -0.25) is 0 Å². The quantitative estimate of drug-likeness (QED) is 0.594. The van der Waals surface area contributed by atoms with E-state index in [4.69, 9.17) is 0 Å². The Bertz CT molecular complexity index is 923. The number of aryl methyl sites for hydroxylation is 1. The second-order valence-electron chi connectivity index (χ2n) is 9.60. The minimum absolute atomic E-state index is 0.00641. The molecular formula is C24H35NO2SSi. The van der Waals surface area contributed by atoms with Crippen molar-refractivity contribution in [3.8, 4) is 0 Å². The van der Waals surface area contributed by atoms with E-state index in [1.54, 1.807) is 12.1 Å². The highest BCUT2D eigenvalue weighted by Gasteiger charge is 2.51. The molecule has 3 rings (SSSR count). The van der Waals surface area contributed by atoms with Crippen molar-refractivity contribution in [2.45, 2.75) is 76.2 Å². The van der Waals surface area contributed by atoms with Crippen LogP contribution in [0.15, 0.2) is 59.5 Å². The van der Waals surface area contributed by atoms with E-state index in [2.05, 4.69) is 64.2 Å². The molecule has 3 nitrogen and oxygen atoms in total. The van der Waals surface area contributed by atoms with Crippen LogP contribution in [0.1, 0.15) is 39.2 Å². The van der Waals surface area contributed by atoms with Crippen molar-refractivity contribution < 1.29 is 8.42 Å². The van der Waals surface area contributed by atoms with Gasteiger partial charge in [0.05, 0.1) is 13.0 Å².